The molecule has 220 valence electrons. The Kier molecular flexibility index (Phi) is 7.01. The largest absolute Gasteiger partial charge is 0.491 e. The molecule has 0 spiro atoms. The van der Waals surface area contributed by atoms with Gasteiger partial charge in [0.25, 0.3) is 0 Å². The third-order valence-corrected chi connectivity index (χ3v) is 9.03. The molecule has 6 aromatic rings. The van der Waals surface area contributed by atoms with Crippen LogP contribution in [0.4, 0.5) is 0 Å². The zero-order valence-electron chi connectivity index (χ0n) is 26.0. The number of hydrogen-bond donors (Lipinski definition) is 0. The molecule has 5 aromatic carbocycles. The molecule has 0 aliphatic heterocycles. The zero-order valence-corrected chi connectivity index (χ0v) is 26.8. The van der Waals surface area contributed by atoms with Crippen molar-refractivity contribution in [3.05, 3.63) is 108 Å². The van der Waals surface area contributed by atoms with Gasteiger partial charge in [-0.2, -0.15) is 8.75 Å². The van der Waals surface area contributed by atoms with Crippen molar-refractivity contribution in [2.24, 2.45) is 0 Å². The van der Waals surface area contributed by atoms with Gasteiger partial charge in [-0.3, -0.25) is 0 Å². The Hall–Kier alpha value is -4.48. The first-order valence-corrected chi connectivity index (χ1v) is 16.0. The fraction of sp³-hybridized carbons (Fsp3) is 0.231. The second-order valence-electron chi connectivity index (χ2n) is 12.6. The molecule has 7 rings (SSSR count). The predicted molar refractivity (Wildman–Crippen MR) is 183 cm³/mol. The molecule has 0 N–H and O–H groups in total. The van der Waals surface area contributed by atoms with E-state index in [2.05, 4.69) is 113 Å². The van der Waals surface area contributed by atoms with Crippen LogP contribution in [0.5, 0.6) is 11.5 Å². The van der Waals surface area contributed by atoms with Crippen molar-refractivity contribution in [3.8, 4) is 56.0 Å². The van der Waals surface area contributed by atoms with E-state index < -0.39 is 0 Å². The van der Waals surface area contributed by atoms with E-state index in [1.165, 1.54) is 45.1 Å². The van der Waals surface area contributed by atoms with Gasteiger partial charge in [0.15, 0.2) is 0 Å². The molecule has 44 heavy (non-hydrogen) atoms. The predicted octanol–water partition coefficient (Wildman–Crippen LogP) is 10.6. The summed E-state index contributed by atoms with van der Waals surface area (Å²) in [6.45, 7) is 12.8. The highest BCUT2D eigenvalue weighted by atomic mass is 32.1. The van der Waals surface area contributed by atoms with Gasteiger partial charge in [-0.1, -0.05) is 74.5 Å². The van der Waals surface area contributed by atoms with Gasteiger partial charge in [0.1, 0.15) is 22.5 Å². The Morgan fingerprint density at radius 1 is 0.500 bits per heavy atom. The van der Waals surface area contributed by atoms with Gasteiger partial charge in [0.2, 0.25) is 0 Å². The number of hydrogen-bond acceptors (Lipinski definition) is 5. The van der Waals surface area contributed by atoms with Crippen molar-refractivity contribution in [1.29, 1.82) is 0 Å². The van der Waals surface area contributed by atoms with E-state index in [4.69, 9.17) is 18.2 Å². The molecule has 0 atom stereocenters. The van der Waals surface area contributed by atoms with Crippen LogP contribution in [0.2, 0.25) is 0 Å². The Morgan fingerprint density at radius 2 is 0.909 bits per heavy atom. The van der Waals surface area contributed by atoms with Crippen LogP contribution in [0, 0.1) is 0 Å². The number of nitrogens with zero attached hydrogens (tertiary/aromatic N) is 2. The van der Waals surface area contributed by atoms with Crippen LogP contribution in [-0.4, -0.2) is 21.0 Å². The summed E-state index contributed by atoms with van der Waals surface area (Å²) in [4.78, 5) is 0. The van der Waals surface area contributed by atoms with E-state index in [1.54, 1.807) is 0 Å². The minimum absolute atomic E-state index is 0.142. The molecule has 1 aliphatic rings. The third kappa shape index (κ3) is 4.95. The fourth-order valence-electron chi connectivity index (χ4n) is 6.40. The molecule has 4 nitrogen and oxygen atoms in total. The molecular formula is C39H36N2O2S. The molecule has 0 radical (unpaired) electrons. The van der Waals surface area contributed by atoms with Crippen molar-refractivity contribution in [1.82, 2.24) is 8.75 Å². The molecule has 1 heterocycles. The van der Waals surface area contributed by atoms with Crippen LogP contribution in [0.3, 0.4) is 0 Å². The highest BCUT2D eigenvalue weighted by Gasteiger charge is 2.36. The first-order chi connectivity index (χ1) is 21.2. The van der Waals surface area contributed by atoms with Crippen molar-refractivity contribution < 1.29 is 9.47 Å². The maximum Gasteiger partial charge on any atom is 0.119 e. The summed E-state index contributed by atoms with van der Waals surface area (Å²) >= 11 is 1.27. The smallest absolute Gasteiger partial charge is 0.119 e. The lowest BCUT2D eigenvalue weighted by molar-refractivity contribution is 0.242. The van der Waals surface area contributed by atoms with Crippen LogP contribution >= 0.6 is 11.7 Å². The number of ether oxygens (including phenoxy) is 2. The van der Waals surface area contributed by atoms with Crippen LogP contribution < -0.4 is 9.47 Å². The van der Waals surface area contributed by atoms with Gasteiger partial charge in [-0.05, 0) is 109 Å². The lowest BCUT2D eigenvalue weighted by atomic mass is 9.80. The molecule has 0 fully saturated rings. The van der Waals surface area contributed by atoms with Crippen molar-refractivity contribution in [3.63, 3.8) is 0 Å². The summed E-state index contributed by atoms with van der Waals surface area (Å²) < 4.78 is 21.2. The summed E-state index contributed by atoms with van der Waals surface area (Å²) in [6.07, 6.45) is 0.303. The highest BCUT2D eigenvalue weighted by molar-refractivity contribution is 7.00. The van der Waals surface area contributed by atoms with Crippen LogP contribution in [0.1, 0.15) is 52.7 Å². The lowest BCUT2D eigenvalue weighted by Gasteiger charge is -2.23. The molecule has 0 amide bonds. The fourth-order valence-corrected chi connectivity index (χ4v) is 6.97. The maximum atomic E-state index is 5.86. The van der Waals surface area contributed by atoms with Gasteiger partial charge in [0.05, 0.1) is 23.9 Å². The zero-order chi connectivity index (χ0) is 30.6. The SMILES string of the molecule is CC(C)Oc1ccc(-c2ccc3c(c2)C(C)(C)c2cc(-c4ccc(-c5ccc(OC(C)C)cc5)c5nsnc45)ccc2-3)cc1. The number of rotatable bonds is 7. The second kappa shape index (κ2) is 10.9. The van der Waals surface area contributed by atoms with Crippen LogP contribution in [0.15, 0.2) is 97.1 Å². The molecule has 0 saturated carbocycles. The molecule has 1 aliphatic carbocycles. The van der Waals surface area contributed by atoms with Crippen molar-refractivity contribution in [2.75, 3.05) is 0 Å². The van der Waals surface area contributed by atoms with Crippen molar-refractivity contribution in [2.45, 2.75) is 59.2 Å². The summed E-state index contributed by atoms with van der Waals surface area (Å²) in [5.41, 5.74) is 13.9. The molecule has 0 unspecified atom stereocenters. The maximum absolute atomic E-state index is 5.86. The van der Waals surface area contributed by atoms with E-state index in [9.17, 15) is 0 Å². The second-order valence-corrected chi connectivity index (χ2v) is 13.2. The van der Waals surface area contributed by atoms with Gasteiger partial charge in [-0.15, -0.1) is 0 Å². The number of aromatic nitrogens is 2. The van der Waals surface area contributed by atoms with Gasteiger partial charge in [-0.25, -0.2) is 0 Å². The molecule has 0 bridgehead atoms. The third-order valence-electron chi connectivity index (χ3n) is 8.50. The molecule has 0 saturated heterocycles. The van der Waals surface area contributed by atoms with Crippen molar-refractivity contribution >= 4 is 22.8 Å². The average Bonchev–Trinajstić information content (AvgIpc) is 3.58. The first-order valence-electron chi connectivity index (χ1n) is 15.3. The van der Waals surface area contributed by atoms with E-state index in [0.717, 1.165) is 44.8 Å². The quantitative estimate of drug-likeness (QED) is 0.184. The summed E-state index contributed by atoms with van der Waals surface area (Å²) in [6, 6.07) is 34.8. The monoisotopic (exact) mass is 596 g/mol. The Balaban J connectivity index is 1.23. The Bertz CT molecular complexity index is 1990. The lowest BCUT2D eigenvalue weighted by Crippen LogP contribution is -2.15. The molecular weight excluding hydrogens is 561 g/mol. The number of fused-ring (bicyclic) bond motifs is 4. The van der Waals surface area contributed by atoms with E-state index >= 15 is 0 Å². The van der Waals surface area contributed by atoms with E-state index in [0.29, 0.717) is 0 Å². The highest BCUT2D eigenvalue weighted by Crippen LogP contribution is 2.51. The van der Waals surface area contributed by atoms with Gasteiger partial charge >= 0.3 is 0 Å². The van der Waals surface area contributed by atoms with Gasteiger partial charge in [0, 0.05) is 16.5 Å². The normalized spacial score (nSPS) is 13.4. The summed E-state index contributed by atoms with van der Waals surface area (Å²) in [5, 5.41) is 0. The summed E-state index contributed by atoms with van der Waals surface area (Å²) in [5.74, 6) is 1.77. The average molecular weight is 597 g/mol. The molecule has 5 heteroatoms. The Morgan fingerprint density at radius 3 is 1.43 bits per heavy atom. The van der Waals surface area contributed by atoms with Crippen LogP contribution in [-0.2, 0) is 5.41 Å². The van der Waals surface area contributed by atoms with E-state index in [1.807, 2.05) is 26.0 Å². The Labute approximate surface area is 263 Å². The molecule has 1 aromatic heterocycles. The summed E-state index contributed by atoms with van der Waals surface area (Å²) in [7, 11) is 0. The topological polar surface area (TPSA) is 44.2 Å². The minimum atomic E-state index is -0.142. The van der Waals surface area contributed by atoms with Crippen LogP contribution in [0.25, 0.3) is 55.5 Å². The minimum Gasteiger partial charge on any atom is -0.491 e. The van der Waals surface area contributed by atoms with E-state index in [-0.39, 0.29) is 17.6 Å². The first kappa shape index (κ1) is 28.3. The number of benzene rings is 5. The standard InChI is InChI=1S/C39H36N2O2S/c1-23(2)42-29-13-7-25(8-14-29)27-11-17-33-34-18-12-28(22-36(34)39(5,6)35(33)21-27)32-20-19-31(37-38(32)41-44-40-37)26-9-15-30(16-10-26)43-24(3)4/h7-24H,1-6H3. The van der Waals surface area contributed by atoms with Gasteiger partial charge < -0.3 is 9.47 Å².